The molecule has 0 bridgehead atoms. The van der Waals surface area contributed by atoms with Gasteiger partial charge in [-0.2, -0.15) is 0 Å². The van der Waals surface area contributed by atoms with Gasteiger partial charge in [0.1, 0.15) is 11.4 Å². The quantitative estimate of drug-likeness (QED) is 0.528. The van der Waals surface area contributed by atoms with E-state index in [0.717, 1.165) is 0 Å². The van der Waals surface area contributed by atoms with Crippen LogP contribution in [0.4, 0.5) is 11.4 Å². The van der Waals surface area contributed by atoms with Gasteiger partial charge in [-0.1, -0.05) is 0 Å². The maximum absolute atomic E-state index is 12.3. The number of aromatic amines is 2. The normalized spacial score (nSPS) is 10.2. The number of amides is 2. The minimum absolute atomic E-state index is 0.243. The lowest BCUT2D eigenvalue weighted by Gasteiger charge is -2.13. The fourth-order valence-electron chi connectivity index (χ4n) is 2.32. The molecule has 8 heteroatoms. The highest BCUT2D eigenvalue weighted by molar-refractivity contribution is 6.09. The molecule has 0 fully saturated rings. The van der Waals surface area contributed by atoms with Crippen molar-refractivity contribution in [2.75, 3.05) is 17.7 Å². The number of rotatable bonds is 5. The summed E-state index contributed by atoms with van der Waals surface area (Å²) in [5, 5.41) is 5.38. The summed E-state index contributed by atoms with van der Waals surface area (Å²) in [5.41, 5.74) is 1.57. The first-order valence-electron chi connectivity index (χ1n) is 7.70. The second-order valence-electron chi connectivity index (χ2n) is 5.33. The minimum atomic E-state index is -0.553. The number of hydrogen-bond donors (Lipinski definition) is 4. The summed E-state index contributed by atoms with van der Waals surface area (Å²) in [7, 11) is 1.26. The number of anilines is 2. The van der Waals surface area contributed by atoms with Crippen LogP contribution in [0.5, 0.6) is 0 Å². The van der Waals surface area contributed by atoms with Crippen molar-refractivity contribution in [3.63, 3.8) is 0 Å². The van der Waals surface area contributed by atoms with Gasteiger partial charge in [0.05, 0.1) is 24.0 Å². The van der Waals surface area contributed by atoms with Gasteiger partial charge in [-0.25, -0.2) is 4.79 Å². The molecule has 0 radical (unpaired) electrons. The van der Waals surface area contributed by atoms with Gasteiger partial charge in [0.2, 0.25) is 0 Å². The number of methoxy groups -OCH3 is 1. The molecule has 0 aliphatic rings. The summed E-state index contributed by atoms with van der Waals surface area (Å²) in [6.07, 6.45) is 3.25. The Bertz CT molecular complexity index is 930. The molecule has 0 atom stereocenters. The van der Waals surface area contributed by atoms with Gasteiger partial charge in [-0.05, 0) is 42.5 Å². The van der Waals surface area contributed by atoms with Crippen molar-refractivity contribution in [2.24, 2.45) is 0 Å². The zero-order valence-electron chi connectivity index (χ0n) is 13.8. The average Bonchev–Trinajstić information content (AvgIpc) is 3.36. The first kappa shape index (κ1) is 17.0. The Hall–Kier alpha value is -3.81. The van der Waals surface area contributed by atoms with Crippen molar-refractivity contribution < 1.29 is 19.1 Å². The molecule has 1 aromatic carbocycles. The number of ether oxygens (including phenoxy) is 1. The zero-order valence-corrected chi connectivity index (χ0v) is 13.8. The van der Waals surface area contributed by atoms with E-state index in [4.69, 9.17) is 4.74 Å². The second-order valence-corrected chi connectivity index (χ2v) is 5.33. The lowest BCUT2D eigenvalue weighted by atomic mass is 10.1. The van der Waals surface area contributed by atoms with Gasteiger partial charge < -0.3 is 25.3 Å². The molecule has 132 valence electrons. The number of nitrogens with one attached hydrogen (secondary N) is 4. The largest absolute Gasteiger partial charge is 0.465 e. The summed E-state index contributed by atoms with van der Waals surface area (Å²) in [4.78, 5) is 41.9. The molecule has 0 aliphatic heterocycles. The SMILES string of the molecule is COC(=O)c1ccc(NC(=O)c2ccc[nH]2)c(NC(=O)c2ccc[nH]2)c1. The average molecular weight is 352 g/mol. The number of benzene rings is 1. The first-order valence-corrected chi connectivity index (χ1v) is 7.70. The van der Waals surface area contributed by atoms with Crippen LogP contribution >= 0.6 is 0 Å². The summed E-state index contributed by atoms with van der Waals surface area (Å²) in [6, 6.07) is 11.1. The van der Waals surface area contributed by atoms with E-state index in [1.165, 1.54) is 25.3 Å². The fourth-order valence-corrected chi connectivity index (χ4v) is 2.32. The fraction of sp³-hybridized carbons (Fsp3) is 0.0556. The lowest BCUT2D eigenvalue weighted by Crippen LogP contribution is -2.18. The van der Waals surface area contributed by atoms with E-state index in [-0.39, 0.29) is 17.2 Å². The van der Waals surface area contributed by atoms with E-state index in [1.54, 1.807) is 36.7 Å². The Labute approximate surface area is 148 Å². The smallest absolute Gasteiger partial charge is 0.337 e. The molecule has 2 heterocycles. The number of carbonyl (C=O) groups excluding carboxylic acids is 3. The lowest BCUT2D eigenvalue weighted by molar-refractivity contribution is 0.0600. The molecular formula is C18H16N4O4. The van der Waals surface area contributed by atoms with Crippen LogP contribution in [-0.4, -0.2) is 34.9 Å². The third-order valence-corrected chi connectivity index (χ3v) is 3.62. The first-order chi connectivity index (χ1) is 12.6. The van der Waals surface area contributed by atoms with E-state index >= 15 is 0 Å². The Morgan fingerprint density at radius 2 is 1.42 bits per heavy atom. The highest BCUT2D eigenvalue weighted by Gasteiger charge is 2.16. The van der Waals surface area contributed by atoms with Crippen molar-refractivity contribution >= 4 is 29.2 Å². The van der Waals surface area contributed by atoms with Crippen LogP contribution in [0.1, 0.15) is 31.3 Å². The predicted molar refractivity (Wildman–Crippen MR) is 95.3 cm³/mol. The third kappa shape index (κ3) is 3.64. The van der Waals surface area contributed by atoms with E-state index in [2.05, 4.69) is 20.6 Å². The van der Waals surface area contributed by atoms with E-state index in [0.29, 0.717) is 17.1 Å². The van der Waals surface area contributed by atoms with Gasteiger partial charge in [0.25, 0.3) is 11.8 Å². The number of hydrogen-bond acceptors (Lipinski definition) is 4. The molecule has 0 spiro atoms. The molecule has 0 saturated heterocycles. The van der Waals surface area contributed by atoms with Crippen LogP contribution in [-0.2, 0) is 4.74 Å². The van der Waals surface area contributed by atoms with E-state index in [1.807, 2.05) is 0 Å². The molecule has 8 nitrogen and oxygen atoms in total. The standard InChI is InChI=1S/C18H16N4O4/c1-26-18(25)11-6-7-12(21-16(23)13-4-2-8-19-13)15(10-11)22-17(24)14-5-3-9-20-14/h2-10,19-20H,1H3,(H,21,23)(H,22,24). The second kappa shape index (κ2) is 7.39. The Morgan fingerprint density at radius 1 is 0.846 bits per heavy atom. The molecule has 0 saturated carbocycles. The molecular weight excluding hydrogens is 336 g/mol. The van der Waals surface area contributed by atoms with Gasteiger partial charge in [0.15, 0.2) is 0 Å². The van der Waals surface area contributed by atoms with Crippen molar-refractivity contribution in [3.05, 3.63) is 71.8 Å². The molecule has 2 amide bonds. The number of esters is 1. The summed E-state index contributed by atoms with van der Waals surface area (Å²) < 4.78 is 4.70. The van der Waals surface area contributed by atoms with Gasteiger partial charge in [-0.15, -0.1) is 0 Å². The topological polar surface area (TPSA) is 116 Å². The van der Waals surface area contributed by atoms with Crippen LogP contribution in [0, 0.1) is 0 Å². The van der Waals surface area contributed by atoms with Crippen LogP contribution in [0.25, 0.3) is 0 Å². The van der Waals surface area contributed by atoms with E-state index < -0.39 is 11.9 Å². The Kier molecular flexibility index (Phi) is 4.84. The van der Waals surface area contributed by atoms with Crippen LogP contribution in [0.3, 0.4) is 0 Å². The number of H-pyrrole nitrogens is 2. The van der Waals surface area contributed by atoms with Crippen LogP contribution < -0.4 is 10.6 Å². The summed E-state index contributed by atoms with van der Waals surface area (Å²) >= 11 is 0. The van der Waals surface area contributed by atoms with Crippen molar-refractivity contribution in [1.82, 2.24) is 9.97 Å². The Morgan fingerprint density at radius 3 is 1.92 bits per heavy atom. The molecule has 3 rings (SSSR count). The van der Waals surface area contributed by atoms with Crippen LogP contribution in [0.2, 0.25) is 0 Å². The molecule has 0 unspecified atom stereocenters. The van der Waals surface area contributed by atoms with Crippen LogP contribution in [0.15, 0.2) is 54.9 Å². The monoisotopic (exact) mass is 352 g/mol. The minimum Gasteiger partial charge on any atom is -0.465 e. The van der Waals surface area contributed by atoms with Crippen molar-refractivity contribution in [1.29, 1.82) is 0 Å². The van der Waals surface area contributed by atoms with Gasteiger partial charge >= 0.3 is 5.97 Å². The third-order valence-electron chi connectivity index (χ3n) is 3.62. The molecule has 0 aliphatic carbocycles. The molecule has 26 heavy (non-hydrogen) atoms. The zero-order chi connectivity index (χ0) is 18.5. The number of aromatic nitrogens is 2. The highest BCUT2D eigenvalue weighted by atomic mass is 16.5. The van der Waals surface area contributed by atoms with Gasteiger partial charge in [-0.3, -0.25) is 9.59 Å². The highest BCUT2D eigenvalue weighted by Crippen LogP contribution is 2.25. The summed E-state index contributed by atoms with van der Waals surface area (Å²) in [6.45, 7) is 0. The maximum atomic E-state index is 12.3. The van der Waals surface area contributed by atoms with Crippen molar-refractivity contribution in [2.45, 2.75) is 0 Å². The maximum Gasteiger partial charge on any atom is 0.337 e. The van der Waals surface area contributed by atoms with Crippen molar-refractivity contribution in [3.8, 4) is 0 Å². The summed E-state index contributed by atoms with van der Waals surface area (Å²) in [5.74, 6) is -1.34. The Balaban J connectivity index is 1.90. The van der Waals surface area contributed by atoms with E-state index in [9.17, 15) is 14.4 Å². The molecule has 3 aromatic rings. The molecule has 4 N–H and O–H groups in total. The molecule has 2 aromatic heterocycles. The predicted octanol–water partition coefficient (Wildman–Crippen LogP) is 2.63. The number of carbonyl (C=O) groups is 3. The van der Waals surface area contributed by atoms with Gasteiger partial charge in [0, 0.05) is 12.4 Å².